The molecule has 6 aromatic carbocycles. The number of rotatable bonds is 6. The molecular formula is C49H32N6S2. The van der Waals surface area contributed by atoms with E-state index in [1.165, 1.54) is 43.8 Å². The van der Waals surface area contributed by atoms with E-state index in [0.717, 1.165) is 65.1 Å². The Morgan fingerprint density at radius 3 is 1.26 bits per heavy atom. The molecule has 0 fully saturated rings. The largest absolute Gasteiger partial charge is 0.245 e. The molecule has 0 saturated heterocycles. The Labute approximate surface area is 337 Å². The highest BCUT2D eigenvalue weighted by Crippen LogP contribution is 2.51. The van der Waals surface area contributed by atoms with Gasteiger partial charge < -0.3 is 0 Å². The number of benzene rings is 6. The number of nitrogens with zero attached hydrogens (tertiary/aromatic N) is 6. The van der Waals surface area contributed by atoms with Crippen LogP contribution in [0.15, 0.2) is 158 Å². The first-order valence-corrected chi connectivity index (χ1v) is 20.5. The summed E-state index contributed by atoms with van der Waals surface area (Å²) >= 11 is 3.14. The summed E-state index contributed by atoms with van der Waals surface area (Å²) in [5.41, 5.74) is 12.6. The summed E-state index contributed by atoms with van der Waals surface area (Å²) in [6.07, 6.45) is 0. The Morgan fingerprint density at radius 1 is 0.368 bits per heavy atom. The van der Waals surface area contributed by atoms with Crippen LogP contribution in [0.2, 0.25) is 0 Å². The lowest BCUT2D eigenvalue weighted by Crippen LogP contribution is -2.15. The minimum absolute atomic E-state index is 0.236. The molecule has 0 aliphatic heterocycles. The predicted molar refractivity (Wildman–Crippen MR) is 234 cm³/mol. The number of hydrogen-bond donors (Lipinski definition) is 0. The number of aromatic nitrogens is 6. The lowest BCUT2D eigenvalue weighted by molar-refractivity contribution is 0.661. The molecule has 57 heavy (non-hydrogen) atoms. The molecule has 11 rings (SSSR count). The van der Waals surface area contributed by atoms with Gasteiger partial charge in [0.25, 0.3) is 0 Å². The maximum Gasteiger partial charge on any atom is 0.166 e. The molecule has 0 N–H and O–H groups in total. The third-order valence-electron chi connectivity index (χ3n) is 11.1. The molecule has 4 heterocycles. The summed E-state index contributed by atoms with van der Waals surface area (Å²) in [4.78, 5) is 10.1. The Bertz CT molecular complexity index is 2970. The average molecular weight is 769 g/mol. The van der Waals surface area contributed by atoms with Crippen LogP contribution >= 0.6 is 22.7 Å². The van der Waals surface area contributed by atoms with Crippen LogP contribution in [0.3, 0.4) is 0 Å². The van der Waals surface area contributed by atoms with Crippen molar-refractivity contribution in [1.29, 1.82) is 0 Å². The molecule has 4 aromatic heterocycles. The van der Waals surface area contributed by atoms with Gasteiger partial charge in [0.2, 0.25) is 0 Å². The Balaban J connectivity index is 0.874. The second kappa shape index (κ2) is 13.2. The average Bonchev–Trinajstić information content (AvgIpc) is 4.02. The molecule has 0 spiro atoms. The van der Waals surface area contributed by atoms with Crippen molar-refractivity contribution in [3.8, 4) is 76.2 Å². The predicted octanol–water partition coefficient (Wildman–Crippen LogP) is 12.8. The molecular weight excluding hydrogens is 737 g/mol. The summed E-state index contributed by atoms with van der Waals surface area (Å²) in [7, 11) is 0. The van der Waals surface area contributed by atoms with Gasteiger partial charge in [0, 0.05) is 27.7 Å². The molecule has 0 radical (unpaired) electrons. The van der Waals surface area contributed by atoms with Crippen molar-refractivity contribution in [3.63, 3.8) is 0 Å². The SMILES string of the molecule is CC1(C)c2cc(-c3nnc(-c4cccc(-c5cccc6ccccc56)n4)s3)ccc2-c2ccc(-c3nnc(-c4cccc(-c5cccc6ccccc56)n4)s3)cc21. The van der Waals surface area contributed by atoms with Crippen LogP contribution in [0, 0.1) is 0 Å². The third kappa shape index (κ3) is 5.67. The third-order valence-corrected chi connectivity index (χ3v) is 13.1. The van der Waals surface area contributed by atoms with E-state index in [0.29, 0.717) is 0 Å². The second-order valence-corrected chi connectivity index (χ2v) is 16.8. The van der Waals surface area contributed by atoms with Gasteiger partial charge in [-0.3, -0.25) is 0 Å². The van der Waals surface area contributed by atoms with Gasteiger partial charge in [-0.2, -0.15) is 0 Å². The maximum atomic E-state index is 5.05. The zero-order valence-electron chi connectivity index (χ0n) is 31.0. The van der Waals surface area contributed by atoms with E-state index < -0.39 is 0 Å². The van der Waals surface area contributed by atoms with E-state index in [9.17, 15) is 0 Å². The summed E-state index contributed by atoms with van der Waals surface area (Å²) in [5, 5.41) is 26.7. The Hall–Kier alpha value is -6.74. The van der Waals surface area contributed by atoms with Crippen LogP contribution in [0.4, 0.5) is 0 Å². The fraction of sp³-hybridized carbons (Fsp3) is 0.0612. The van der Waals surface area contributed by atoms with Crippen molar-refractivity contribution in [3.05, 3.63) is 169 Å². The molecule has 0 atom stereocenters. The van der Waals surface area contributed by atoms with Crippen LogP contribution in [-0.4, -0.2) is 30.4 Å². The smallest absolute Gasteiger partial charge is 0.166 e. The van der Waals surface area contributed by atoms with Gasteiger partial charge in [-0.25, -0.2) is 9.97 Å². The number of pyridine rings is 2. The zero-order chi connectivity index (χ0) is 38.1. The minimum atomic E-state index is -0.236. The van der Waals surface area contributed by atoms with Gasteiger partial charge in [-0.1, -0.05) is 158 Å². The standard InChI is InChI=1S/C49H32N6S2/c1-49(2)39-27-31(45-52-54-47(56-45)43-21-9-19-41(50-43)37-17-7-13-29-11-3-5-15-33(29)37)23-25-35(39)36-26-24-32(28-40(36)49)46-53-55-48(57-46)44-22-10-20-42(51-44)38-18-8-14-30-12-4-6-16-34(30)38/h3-28H,1-2H3. The zero-order valence-corrected chi connectivity index (χ0v) is 32.6. The molecule has 10 aromatic rings. The fourth-order valence-corrected chi connectivity index (χ4v) is 9.81. The van der Waals surface area contributed by atoms with Crippen molar-refractivity contribution in [2.45, 2.75) is 19.3 Å². The van der Waals surface area contributed by atoms with E-state index >= 15 is 0 Å². The maximum absolute atomic E-state index is 5.05. The van der Waals surface area contributed by atoms with Crippen LogP contribution in [0.1, 0.15) is 25.0 Å². The molecule has 6 nitrogen and oxygen atoms in total. The number of fused-ring (bicyclic) bond motifs is 5. The van der Waals surface area contributed by atoms with Crippen LogP contribution < -0.4 is 0 Å². The van der Waals surface area contributed by atoms with Gasteiger partial charge in [0.15, 0.2) is 10.0 Å². The Morgan fingerprint density at radius 2 is 0.772 bits per heavy atom. The summed E-state index contributed by atoms with van der Waals surface area (Å²) in [6.45, 7) is 4.60. The lowest BCUT2D eigenvalue weighted by Gasteiger charge is -2.22. The van der Waals surface area contributed by atoms with Crippen molar-refractivity contribution in [2.75, 3.05) is 0 Å². The van der Waals surface area contributed by atoms with Gasteiger partial charge in [-0.05, 0) is 80.2 Å². The van der Waals surface area contributed by atoms with Gasteiger partial charge in [-0.15, -0.1) is 20.4 Å². The van der Waals surface area contributed by atoms with Gasteiger partial charge in [0.05, 0.1) is 11.4 Å². The fourth-order valence-electron chi connectivity index (χ4n) is 8.20. The summed E-state index contributed by atoms with van der Waals surface area (Å²) in [5.74, 6) is 0. The topological polar surface area (TPSA) is 77.3 Å². The first-order valence-electron chi connectivity index (χ1n) is 18.9. The molecule has 1 aliphatic carbocycles. The van der Waals surface area contributed by atoms with E-state index in [4.69, 9.17) is 9.97 Å². The Kier molecular flexibility index (Phi) is 7.77. The van der Waals surface area contributed by atoms with Crippen LogP contribution in [0.25, 0.3) is 97.7 Å². The summed E-state index contributed by atoms with van der Waals surface area (Å²) < 4.78 is 0. The molecule has 0 amide bonds. The lowest BCUT2D eigenvalue weighted by atomic mass is 9.81. The van der Waals surface area contributed by atoms with E-state index in [1.807, 2.05) is 24.3 Å². The molecule has 0 unspecified atom stereocenters. The number of hydrogen-bond acceptors (Lipinski definition) is 8. The van der Waals surface area contributed by atoms with Crippen LogP contribution in [-0.2, 0) is 5.41 Å². The van der Waals surface area contributed by atoms with Crippen molar-refractivity contribution >= 4 is 44.2 Å². The van der Waals surface area contributed by atoms with Crippen molar-refractivity contribution < 1.29 is 0 Å². The second-order valence-electron chi connectivity index (χ2n) is 14.8. The van der Waals surface area contributed by atoms with Crippen LogP contribution in [0.5, 0.6) is 0 Å². The quantitative estimate of drug-likeness (QED) is 0.168. The van der Waals surface area contributed by atoms with Gasteiger partial charge in [0.1, 0.15) is 21.4 Å². The monoisotopic (exact) mass is 768 g/mol. The summed E-state index contributed by atoms with van der Waals surface area (Å²) in [6, 6.07) is 55.2. The van der Waals surface area contributed by atoms with Crippen molar-refractivity contribution in [2.24, 2.45) is 0 Å². The van der Waals surface area contributed by atoms with E-state index in [1.54, 1.807) is 22.7 Å². The molecule has 0 saturated carbocycles. The first-order chi connectivity index (χ1) is 28.0. The molecule has 0 bridgehead atoms. The van der Waals surface area contributed by atoms with Gasteiger partial charge >= 0.3 is 0 Å². The highest BCUT2D eigenvalue weighted by Gasteiger charge is 2.36. The van der Waals surface area contributed by atoms with E-state index in [2.05, 4.69) is 168 Å². The highest BCUT2D eigenvalue weighted by molar-refractivity contribution is 7.18. The minimum Gasteiger partial charge on any atom is -0.245 e. The molecule has 1 aliphatic rings. The molecule has 8 heteroatoms. The van der Waals surface area contributed by atoms with E-state index in [-0.39, 0.29) is 5.41 Å². The van der Waals surface area contributed by atoms with Crippen molar-refractivity contribution in [1.82, 2.24) is 30.4 Å². The first kappa shape index (κ1) is 33.6. The normalized spacial score (nSPS) is 12.9. The highest BCUT2D eigenvalue weighted by atomic mass is 32.1. The molecule has 270 valence electrons.